The summed E-state index contributed by atoms with van der Waals surface area (Å²) in [4.78, 5) is 0. The van der Waals surface area contributed by atoms with Crippen LogP contribution in [-0.4, -0.2) is 6.71 Å². The summed E-state index contributed by atoms with van der Waals surface area (Å²) in [5.41, 5.74) is 14.7. The van der Waals surface area contributed by atoms with Gasteiger partial charge < -0.3 is 0 Å². The molecule has 0 N–H and O–H groups in total. The molecule has 0 radical (unpaired) electrons. The molecule has 35 heavy (non-hydrogen) atoms. The van der Waals surface area contributed by atoms with Crippen molar-refractivity contribution in [2.24, 2.45) is 0 Å². The summed E-state index contributed by atoms with van der Waals surface area (Å²) < 4.78 is 6.62. The zero-order valence-electron chi connectivity index (χ0n) is 20.1. The van der Waals surface area contributed by atoms with Crippen LogP contribution >= 0.6 is 0 Å². The summed E-state index contributed by atoms with van der Waals surface area (Å²) in [7, 11) is 0. The van der Waals surface area contributed by atoms with E-state index in [-0.39, 0.29) is 6.71 Å². The van der Waals surface area contributed by atoms with Crippen molar-refractivity contribution in [3.05, 3.63) is 114 Å². The van der Waals surface area contributed by atoms with Crippen molar-refractivity contribution < 1.29 is 16.1 Å². The molecule has 0 saturated heterocycles. The van der Waals surface area contributed by atoms with E-state index in [0.29, 0.717) is 0 Å². The van der Waals surface area contributed by atoms with Crippen LogP contribution < -0.4 is 32.2 Å². The van der Waals surface area contributed by atoms with Crippen LogP contribution in [0.1, 0.15) is 16.7 Å². The summed E-state index contributed by atoms with van der Waals surface area (Å²) in [6, 6.07) is 37.8. The van der Waals surface area contributed by atoms with E-state index in [1.807, 2.05) is 0 Å². The van der Waals surface area contributed by atoms with E-state index in [0.717, 1.165) is 0 Å². The van der Waals surface area contributed by atoms with Gasteiger partial charge in [-0.25, -0.2) is 0 Å². The first kappa shape index (κ1) is 20.1. The fourth-order valence-electron chi connectivity index (χ4n) is 6.81. The van der Waals surface area contributed by atoms with Crippen molar-refractivity contribution in [1.29, 1.82) is 0 Å². The molecular formula is C33H25BPt. The predicted octanol–water partition coefficient (Wildman–Crippen LogP) is 3.16. The van der Waals surface area contributed by atoms with Gasteiger partial charge in [0.05, 0.1) is 0 Å². The topological polar surface area (TPSA) is 0 Å². The molecule has 5 aromatic carbocycles. The first-order chi connectivity index (χ1) is 17.1. The first-order valence-electron chi connectivity index (χ1n) is 12.3. The van der Waals surface area contributed by atoms with Gasteiger partial charge in [0.2, 0.25) is 0 Å². The van der Waals surface area contributed by atoms with Gasteiger partial charge in [-0.05, 0) is 0 Å². The summed E-state index contributed by atoms with van der Waals surface area (Å²) in [6.45, 7) is 7.13. The maximum absolute atomic E-state index is 2.98. The van der Waals surface area contributed by atoms with Crippen LogP contribution in [0.3, 0.4) is 0 Å². The van der Waals surface area contributed by atoms with E-state index in [1.54, 1.807) is 26.7 Å². The van der Waals surface area contributed by atoms with E-state index in [2.05, 4.69) is 118 Å². The minimum absolute atomic E-state index is 0.279. The number of rotatable bonds is 1. The van der Waals surface area contributed by atoms with E-state index in [1.165, 1.54) is 44.4 Å². The second-order valence-corrected chi connectivity index (χ2v) is 18.1. The number of aryl methyl sites for hydroxylation is 3. The Labute approximate surface area is 211 Å². The van der Waals surface area contributed by atoms with Crippen LogP contribution in [0, 0.1) is 20.8 Å². The third-order valence-electron chi connectivity index (χ3n) is 7.90. The molecule has 3 heterocycles. The van der Waals surface area contributed by atoms with Gasteiger partial charge in [0.15, 0.2) is 0 Å². The van der Waals surface area contributed by atoms with E-state index in [4.69, 9.17) is 0 Å². The molecule has 1 spiro atoms. The molecule has 0 fully saturated rings. The second-order valence-electron chi connectivity index (χ2n) is 9.97. The zero-order chi connectivity index (χ0) is 23.5. The van der Waals surface area contributed by atoms with Gasteiger partial charge in [0.25, 0.3) is 0 Å². The summed E-state index contributed by atoms with van der Waals surface area (Å²) >= 11 is -2.98. The van der Waals surface area contributed by atoms with Gasteiger partial charge >= 0.3 is 212 Å². The van der Waals surface area contributed by atoms with Crippen molar-refractivity contribution in [3.63, 3.8) is 0 Å². The zero-order valence-corrected chi connectivity index (χ0v) is 22.4. The van der Waals surface area contributed by atoms with Crippen LogP contribution in [0.2, 0.25) is 0 Å². The Bertz CT molecular complexity index is 1620. The van der Waals surface area contributed by atoms with Gasteiger partial charge in [-0.15, -0.1) is 0 Å². The Morgan fingerprint density at radius 2 is 0.971 bits per heavy atom. The average Bonchev–Trinajstić information content (AvgIpc) is 3.34. The van der Waals surface area contributed by atoms with Crippen molar-refractivity contribution >= 4 is 38.9 Å². The Hall–Kier alpha value is -3.15. The molecule has 0 nitrogen and oxygen atoms in total. The Morgan fingerprint density at radius 3 is 1.49 bits per heavy atom. The molecular weight excluding hydrogens is 602 g/mol. The average molecular weight is 627 g/mol. The number of benzene rings is 5. The van der Waals surface area contributed by atoms with Crippen LogP contribution in [0.25, 0.3) is 22.3 Å². The van der Waals surface area contributed by atoms with Gasteiger partial charge in [-0.2, -0.15) is 0 Å². The number of fused-ring (bicyclic) bond motifs is 4. The summed E-state index contributed by atoms with van der Waals surface area (Å²) in [5.74, 6) is 0. The molecule has 2 heteroatoms. The van der Waals surface area contributed by atoms with E-state index < -0.39 is 16.1 Å². The molecule has 0 atom stereocenters. The van der Waals surface area contributed by atoms with Crippen molar-refractivity contribution in [3.8, 4) is 22.3 Å². The van der Waals surface area contributed by atoms with Gasteiger partial charge in [0, 0.05) is 0 Å². The molecule has 8 rings (SSSR count). The molecule has 5 aromatic rings. The SMILES string of the molecule is Cc1cc(C)c(B2c3cccc4[c]3[Pt]3([c]5ccccc5-4)[c]4ccccc4-c4cccc2[c]43)c(C)c1. The molecule has 0 bridgehead atoms. The molecule has 170 valence electrons. The Morgan fingerprint density at radius 1 is 0.514 bits per heavy atom. The summed E-state index contributed by atoms with van der Waals surface area (Å²) in [5, 5.41) is 0. The van der Waals surface area contributed by atoms with E-state index >= 15 is 0 Å². The fraction of sp³-hybridized carbons (Fsp3) is 0.0909. The van der Waals surface area contributed by atoms with Crippen LogP contribution in [0.4, 0.5) is 0 Å². The van der Waals surface area contributed by atoms with Crippen molar-refractivity contribution in [1.82, 2.24) is 0 Å². The third-order valence-corrected chi connectivity index (χ3v) is 19.5. The van der Waals surface area contributed by atoms with Crippen molar-refractivity contribution in [2.45, 2.75) is 20.8 Å². The van der Waals surface area contributed by atoms with Crippen molar-refractivity contribution in [2.75, 3.05) is 0 Å². The maximum atomic E-state index is 2.46. The molecule has 0 aromatic heterocycles. The monoisotopic (exact) mass is 627 g/mol. The van der Waals surface area contributed by atoms with E-state index in [9.17, 15) is 0 Å². The predicted molar refractivity (Wildman–Crippen MR) is 148 cm³/mol. The minimum atomic E-state index is -2.98. The molecule has 0 aliphatic carbocycles. The second kappa shape index (κ2) is 6.74. The quantitative estimate of drug-likeness (QED) is 0.246. The van der Waals surface area contributed by atoms with Crippen LogP contribution in [0.15, 0.2) is 97.1 Å². The fourth-order valence-corrected chi connectivity index (χ4v) is 20.7. The van der Waals surface area contributed by atoms with Gasteiger partial charge in [0.1, 0.15) is 0 Å². The number of hydrogen-bond acceptors (Lipinski definition) is 0. The molecule has 0 amide bonds. The molecule has 0 unspecified atom stereocenters. The number of hydrogen-bond donors (Lipinski definition) is 0. The van der Waals surface area contributed by atoms with Crippen LogP contribution in [0.5, 0.6) is 0 Å². The Kier molecular flexibility index (Phi) is 3.87. The third kappa shape index (κ3) is 2.25. The van der Waals surface area contributed by atoms with Crippen LogP contribution in [-0.2, 0) is 16.1 Å². The molecule has 3 aliphatic rings. The Balaban J connectivity index is 1.62. The first-order valence-corrected chi connectivity index (χ1v) is 16.8. The molecule has 0 saturated carbocycles. The summed E-state index contributed by atoms with van der Waals surface area (Å²) in [6.07, 6.45) is 0. The van der Waals surface area contributed by atoms with Gasteiger partial charge in [-0.3, -0.25) is 0 Å². The van der Waals surface area contributed by atoms with Gasteiger partial charge in [-0.1, -0.05) is 0 Å². The molecule has 3 aliphatic heterocycles. The normalized spacial score (nSPS) is 15.8. The standard InChI is InChI=1S/C33H25B.Pt/c1-24-20-25(2)33(26(3)21-24)34(31-18-10-16-29(22-31)27-12-6-4-7-13-27)32-19-11-17-30(23-32)28-14-8-5-9-15-28;/h4-12,14,16-21H,1-3H3;.